The lowest BCUT2D eigenvalue weighted by Gasteiger charge is -2.43. The van der Waals surface area contributed by atoms with Gasteiger partial charge in [0.2, 0.25) is 11.8 Å². The van der Waals surface area contributed by atoms with E-state index in [-0.39, 0.29) is 23.8 Å². The van der Waals surface area contributed by atoms with Crippen LogP contribution in [0.2, 0.25) is 0 Å². The number of rotatable bonds is 2. The monoisotopic (exact) mass is 329 g/mol. The highest BCUT2D eigenvalue weighted by Gasteiger charge is 2.36. The highest BCUT2D eigenvalue weighted by Crippen LogP contribution is 2.28. The van der Waals surface area contributed by atoms with Gasteiger partial charge in [0, 0.05) is 39.6 Å². The zero-order valence-electron chi connectivity index (χ0n) is 14.6. The first kappa shape index (κ1) is 17.0. The second-order valence-electron chi connectivity index (χ2n) is 7.02. The molecule has 2 amide bonds. The molecule has 0 aromatic heterocycles. The molecule has 0 unspecified atom stereocenters. The van der Waals surface area contributed by atoms with Gasteiger partial charge in [-0.05, 0) is 25.5 Å². The zero-order valence-corrected chi connectivity index (χ0v) is 14.6. The van der Waals surface area contributed by atoms with Gasteiger partial charge in [-0.1, -0.05) is 30.3 Å². The van der Waals surface area contributed by atoms with Crippen molar-refractivity contribution in [2.45, 2.75) is 25.8 Å². The van der Waals surface area contributed by atoms with Gasteiger partial charge in [-0.3, -0.25) is 9.59 Å². The number of benzene rings is 1. The van der Waals surface area contributed by atoms with Crippen LogP contribution in [0.5, 0.6) is 0 Å². The van der Waals surface area contributed by atoms with Crippen LogP contribution < -0.4 is 0 Å². The molecule has 0 aliphatic carbocycles. The minimum Gasteiger partial charge on any atom is -0.342 e. The number of carbonyl (C=O) groups is 2. The predicted molar refractivity (Wildman–Crippen MR) is 93.4 cm³/mol. The molecule has 2 aliphatic rings. The van der Waals surface area contributed by atoms with E-state index < -0.39 is 0 Å². The van der Waals surface area contributed by atoms with Crippen LogP contribution in [0.3, 0.4) is 0 Å². The Bertz CT molecular complexity index is 590. The number of likely N-dealkylation sites (N-methyl/N-ethyl adjacent to an activating group) is 1. The lowest BCUT2D eigenvalue weighted by Crippen LogP contribution is -2.53. The largest absolute Gasteiger partial charge is 0.342 e. The number of piperazine rings is 1. The lowest BCUT2D eigenvalue weighted by molar-refractivity contribution is -0.144. The van der Waals surface area contributed by atoms with E-state index in [2.05, 4.69) is 24.1 Å². The summed E-state index contributed by atoms with van der Waals surface area (Å²) in [6.07, 6.45) is 1.80. The molecular formula is C19H27N3O2. The van der Waals surface area contributed by atoms with Gasteiger partial charge in [0.1, 0.15) is 0 Å². The third kappa shape index (κ3) is 3.61. The predicted octanol–water partition coefficient (Wildman–Crippen LogP) is 1.76. The van der Waals surface area contributed by atoms with E-state index in [0.29, 0.717) is 6.54 Å². The molecule has 0 radical (unpaired) electrons. The van der Waals surface area contributed by atoms with Crippen LogP contribution in [0.25, 0.3) is 0 Å². The fourth-order valence-corrected chi connectivity index (χ4v) is 3.84. The Morgan fingerprint density at radius 2 is 1.79 bits per heavy atom. The number of carbonyl (C=O) groups excluding carboxylic acids is 2. The van der Waals surface area contributed by atoms with Crippen LogP contribution in [-0.2, 0) is 9.59 Å². The number of hydrogen-bond donors (Lipinski definition) is 0. The van der Waals surface area contributed by atoms with Crippen LogP contribution in [0.1, 0.15) is 31.4 Å². The summed E-state index contributed by atoms with van der Waals surface area (Å²) in [5, 5.41) is 0. The fourth-order valence-electron chi connectivity index (χ4n) is 3.84. The normalized spacial score (nSPS) is 25.6. The average Bonchev–Trinajstić information content (AvgIpc) is 2.62. The first-order valence-corrected chi connectivity index (χ1v) is 8.85. The highest BCUT2D eigenvalue weighted by molar-refractivity contribution is 5.81. The highest BCUT2D eigenvalue weighted by atomic mass is 16.2. The van der Waals surface area contributed by atoms with Gasteiger partial charge in [0.15, 0.2) is 0 Å². The maximum absolute atomic E-state index is 13.2. The van der Waals surface area contributed by atoms with E-state index in [1.807, 2.05) is 28.0 Å². The Morgan fingerprint density at radius 3 is 2.50 bits per heavy atom. The molecule has 2 aliphatic heterocycles. The third-order valence-electron chi connectivity index (χ3n) is 5.27. The topological polar surface area (TPSA) is 43.9 Å². The third-order valence-corrected chi connectivity index (χ3v) is 5.27. The van der Waals surface area contributed by atoms with E-state index in [1.165, 1.54) is 5.56 Å². The summed E-state index contributed by atoms with van der Waals surface area (Å²) < 4.78 is 0. The Labute approximate surface area is 144 Å². The maximum atomic E-state index is 13.2. The summed E-state index contributed by atoms with van der Waals surface area (Å²) in [5.74, 6) is 0.227. The Kier molecular flexibility index (Phi) is 5.19. The molecule has 1 aromatic rings. The van der Waals surface area contributed by atoms with Crippen molar-refractivity contribution >= 4 is 11.8 Å². The quantitative estimate of drug-likeness (QED) is 0.830. The molecule has 3 rings (SSSR count). The van der Waals surface area contributed by atoms with Gasteiger partial charge in [0.05, 0.1) is 12.0 Å². The lowest BCUT2D eigenvalue weighted by atomic mass is 9.94. The van der Waals surface area contributed by atoms with Crippen molar-refractivity contribution in [1.82, 2.24) is 14.7 Å². The van der Waals surface area contributed by atoms with Gasteiger partial charge < -0.3 is 14.7 Å². The van der Waals surface area contributed by atoms with Crippen molar-refractivity contribution in [3.05, 3.63) is 35.9 Å². The molecule has 5 heteroatoms. The Morgan fingerprint density at radius 1 is 1.04 bits per heavy atom. The number of amides is 2. The summed E-state index contributed by atoms with van der Waals surface area (Å²) >= 11 is 0. The summed E-state index contributed by atoms with van der Waals surface area (Å²) in [4.78, 5) is 31.0. The molecule has 2 saturated heterocycles. The first-order valence-electron chi connectivity index (χ1n) is 8.85. The van der Waals surface area contributed by atoms with E-state index in [0.717, 1.165) is 39.0 Å². The van der Waals surface area contributed by atoms with Crippen LogP contribution >= 0.6 is 0 Å². The second kappa shape index (κ2) is 7.34. The molecular weight excluding hydrogens is 302 g/mol. The standard InChI is InChI=1S/C19H27N3O2/c1-15(23)21-10-6-9-17(13-21)19(24)22-12-11-20(2)14-18(22)16-7-4-3-5-8-16/h3-5,7-8,17-18H,6,9-14H2,1-2H3/t17-,18+/m0/s1. The summed E-state index contributed by atoms with van der Waals surface area (Å²) in [5.41, 5.74) is 1.19. The minimum absolute atomic E-state index is 0.0581. The van der Waals surface area contributed by atoms with Crippen molar-refractivity contribution in [3.8, 4) is 0 Å². The SMILES string of the molecule is CC(=O)N1CCC[C@H](C(=O)N2CCN(C)C[C@@H]2c2ccccc2)C1. The van der Waals surface area contributed by atoms with Gasteiger partial charge in [0.25, 0.3) is 0 Å². The first-order chi connectivity index (χ1) is 11.6. The number of hydrogen-bond acceptors (Lipinski definition) is 3. The Hall–Kier alpha value is -1.88. The fraction of sp³-hybridized carbons (Fsp3) is 0.579. The summed E-state index contributed by atoms with van der Waals surface area (Å²) in [6.45, 7) is 5.46. The molecule has 5 nitrogen and oxygen atoms in total. The van der Waals surface area contributed by atoms with Crippen molar-refractivity contribution in [2.75, 3.05) is 39.8 Å². The van der Waals surface area contributed by atoms with Crippen molar-refractivity contribution in [1.29, 1.82) is 0 Å². The summed E-state index contributed by atoms with van der Waals surface area (Å²) in [6, 6.07) is 10.4. The molecule has 24 heavy (non-hydrogen) atoms. The average molecular weight is 329 g/mol. The molecule has 2 heterocycles. The maximum Gasteiger partial charge on any atom is 0.228 e. The van der Waals surface area contributed by atoms with Crippen LogP contribution in [0.15, 0.2) is 30.3 Å². The molecule has 130 valence electrons. The van der Waals surface area contributed by atoms with E-state index in [4.69, 9.17) is 0 Å². The Balaban J connectivity index is 1.77. The molecule has 2 fully saturated rings. The molecule has 0 N–H and O–H groups in total. The van der Waals surface area contributed by atoms with Crippen molar-refractivity contribution < 1.29 is 9.59 Å². The minimum atomic E-state index is -0.0581. The zero-order chi connectivity index (χ0) is 17.1. The van der Waals surface area contributed by atoms with Crippen LogP contribution in [-0.4, -0.2) is 66.3 Å². The number of nitrogens with zero attached hydrogens (tertiary/aromatic N) is 3. The van der Waals surface area contributed by atoms with Gasteiger partial charge in [-0.2, -0.15) is 0 Å². The number of likely N-dealkylation sites (tertiary alicyclic amines) is 1. The molecule has 0 saturated carbocycles. The molecule has 0 bridgehead atoms. The van der Waals surface area contributed by atoms with Gasteiger partial charge >= 0.3 is 0 Å². The number of piperidine rings is 1. The van der Waals surface area contributed by atoms with Gasteiger partial charge in [-0.15, -0.1) is 0 Å². The second-order valence-corrected chi connectivity index (χ2v) is 7.02. The molecule has 0 spiro atoms. The smallest absolute Gasteiger partial charge is 0.228 e. The van der Waals surface area contributed by atoms with Crippen molar-refractivity contribution in [2.24, 2.45) is 5.92 Å². The van der Waals surface area contributed by atoms with E-state index >= 15 is 0 Å². The molecule has 1 aromatic carbocycles. The van der Waals surface area contributed by atoms with Gasteiger partial charge in [-0.25, -0.2) is 0 Å². The van der Waals surface area contributed by atoms with E-state index in [1.54, 1.807) is 6.92 Å². The molecule has 2 atom stereocenters. The summed E-state index contributed by atoms with van der Waals surface area (Å²) in [7, 11) is 2.11. The van der Waals surface area contributed by atoms with Crippen LogP contribution in [0.4, 0.5) is 0 Å². The van der Waals surface area contributed by atoms with Crippen molar-refractivity contribution in [3.63, 3.8) is 0 Å². The van der Waals surface area contributed by atoms with Crippen LogP contribution in [0, 0.1) is 5.92 Å². The van der Waals surface area contributed by atoms with E-state index in [9.17, 15) is 9.59 Å².